The number of halogens is 1. The highest BCUT2D eigenvalue weighted by molar-refractivity contribution is 7.13. The molecule has 28 heavy (non-hydrogen) atoms. The third kappa shape index (κ3) is 7.74. The van der Waals surface area contributed by atoms with Gasteiger partial charge < -0.3 is 9.47 Å². The van der Waals surface area contributed by atoms with E-state index in [1.165, 1.54) is 23.5 Å². The Morgan fingerprint density at radius 3 is 3.00 bits per heavy atom. The fraction of sp³-hybridized carbons (Fsp3) is 0.450. The Hall–Kier alpha value is -2.32. The maximum absolute atomic E-state index is 13.6. The lowest BCUT2D eigenvalue weighted by Gasteiger charge is -2.07. The summed E-state index contributed by atoms with van der Waals surface area (Å²) >= 11 is 1.34. The number of esters is 1. The van der Waals surface area contributed by atoms with Gasteiger partial charge >= 0.3 is 5.97 Å². The fourth-order valence-corrected chi connectivity index (χ4v) is 3.08. The molecule has 1 heterocycles. The lowest BCUT2D eigenvalue weighted by Crippen LogP contribution is -2.07. The van der Waals surface area contributed by atoms with E-state index < -0.39 is 0 Å². The van der Waals surface area contributed by atoms with E-state index in [0.717, 1.165) is 30.4 Å². The van der Waals surface area contributed by atoms with Crippen LogP contribution in [0.5, 0.6) is 0 Å². The molecule has 0 saturated heterocycles. The van der Waals surface area contributed by atoms with Crippen LogP contribution in [0.25, 0.3) is 0 Å². The molecule has 0 atom stereocenters. The number of benzene rings is 1. The molecule has 0 amide bonds. The third-order valence-electron chi connectivity index (χ3n) is 3.80. The average molecular weight is 408 g/mol. The Labute approximate surface area is 168 Å². The minimum Gasteiger partial charge on any atom is -0.466 e. The highest BCUT2D eigenvalue weighted by atomic mass is 32.1. The van der Waals surface area contributed by atoms with Crippen molar-refractivity contribution in [3.63, 3.8) is 0 Å². The van der Waals surface area contributed by atoms with E-state index in [-0.39, 0.29) is 18.2 Å². The van der Waals surface area contributed by atoms with Gasteiger partial charge in [0.05, 0.1) is 31.5 Å². The van der Waals surface area contributed by atoms with Crippen LogP contribution in [0.4, 0.5) is 9.52 Å². The first-order valence-corrected chi connectivity index (χ1v) is 10.3. The van der Waals surface area contributed by atoms with Gasteiger partial charge in [-0.15, -0.1) is 11.3 Å². The van der Waals surface area contributed by atoms with Crippen molar-refractivity contribution in [3.05, 3.63) is 46.2 Å². The summed E-state index contributed by atoms with van der Waals surface area (Å²) < 4.78 is 24.1. The first-order chi connectivity index (χ1) is 13.6. The summed E-state index contributed by atoms with van der Waals surface area (Å²) in [6, 6.07) is 4.52. The topological polar surface area (TPSA) is 72.8 Å². The number of hydrogen-bond donors (Lipinski definition) is 1. The molecule has 0 spiro atoms. The minimum atomic E-state index is -0.308. The molecule has 8 heteroatoms. The number of hydrazone groups is 1. The summed E-state index contributed by atoms with van der Waals surface area (Å²) in [6.07, 6.45) is 4.98. The molecule has 0 bridgehead atoms. The Kier molecular flexibility index (Phi) is 9.57. The first kappa shape index (κ1) is 22.0. The number of aromatic nitrogens is 1. The summed E-state index contributed by atoms with van der Waals surface area (Å²) in [6.45, 7) is 5.24. The zero-order chi connectivity index (χ0) is 20.2. The van der Waals surface area contributed by atoms with Crippen molar-refractivity contribution in [2.45, 2.75) is 46.1 Å². The minimum absolute atomic E-state index is 0.132. The molecule has 0 aliphatic rings. The predicted octanol–water partition coefficient (Wildman–Crippen LogP) is 4.54. The van der Waals surface area contributed by atoms with E-state index in [0.29, 0.717) is 30.6 Å². The lowest BCUT2D eigenvalue weighted by atomic mass is 10.1. The number of thiazole rings is 1. The number of rotatable bonds is 12. The summed E-state index contributed by atoms with van der Waals surface area (Å²) in [5.41, 5.74) is 4.97. The van der Waals surface area contributed by atoms with Crippen LogP contribution in [0, 0.1) is 5.82 Å². The number of unbranched alkanes of at least 4 members (excludes halogenated alkanes) is 2. The molecule has 0 fully saturated rings. The van der Waals surface area contributed by atoms with Crippen molar-refractivity contribution in [1.82, 2.24) is 4.98 Å². The Morgan fingerprint density at radius 2 is 2.21 bits per heavy atom. The van der Waals surface area contributed by atoms with Gasteiger partial charge in [-0.2, -0.15) is 5.10 Å². The van der Waals surface area contributed by atoms with Gasteiger partial charge in [0, 0.05) is 17.6 Å². The van der Waals surface area contributed by atoms with Crippen LogP contribution in [0.3, 0.4) is 0 Å². The van der Waals surface area contributed by atoms with Crippen molar-refractivity contribution in [2.24, 2.45) is 5.10 Å². The van der Waals surface area contributed by atoms with E-state index in [9.17, 15) is 9.18 Å². The highest BCUT2D eigenvalue weighted by Gasteiger charge is 2.08. The summed E-state index contributed by atoms with van der Waals surface area (Å²) in [5, 5.41) is 6.51. The van der Waals surface area contributed by atoms with E-state index in [4.69, 9.17) is 9.47 Å². The monoisotopic (exact) mass is 407 g/mol. The van der Waals surface area contributed by atoms with Gasteiger partial charge in [-0.3, -0.25) is 10.2 Å². The smallest absolute Gasteiger partial charge is 0.311 e. The third-order valence-corrected chi connectivity index (χ3v) is 4.60. The fourth-order valence-electron chi connectivity index (χ4n) is 2.42. The summed E-state index contributed by atoms with van der Waals surface area (Å²) in [5.74, 6) is -0.612. The molecule has 1 aromatic heterocycles. The molecule has 2 aromatic rings. The zero-order valence-electron chi connectivity index (χ0n) is 16.2. The van der Waals surface area contributed by atoms with Crippen molar-refractivity contribution in [3.8, 4) is 0 Å². The van der Waals surface area contributed by atoms with E-state index in [1.807, 2.05) is 0 Å². The van der Waals surface area contributed by atoms with E-state index in [1.54, 1.807) is 24.6 Å². The molecule has 1 N–H and O–H groups in total. The van der Waals surface area contributed by atoms with Crippen molar-refractivity contribution < 1.29 is 18.7 Å². The van der Waals surface area contributed by atoms with E-state index in [2.05, 4.69) is 22.4 Å². The number of carbonyl (C=O) groups is 1. The number of hydrogen-bond acceptors (Lipinski definition) is 7. The van der Waals surface area contributed by atoms with Crippen LogP contribution >= 0.6 is 11.3 Å². The molecule has 0 saturated carbocycles. The van der Waals surface area contributed by atoms with Gasteiger partial charge in [0.15, 0.2) is 0 Å². The molecule has 0 unspecified atom stereocenters. The molecule has 6 nitrogen and oxygen atoms in total. The average Bonchev–Trinajstić information content (AvgIpc) is 3.10. The van der Waals surface area contributed by atoms with Gasteiger partial charge in [-0.25, -0.2) is 9.37 Å². The number of nitrogens with one attached hydrogen (secondary N) is 1. The zero-order valence-corrected chi connectivity index (χ0v) is 17.1. The van der Waals surface area contributed by atoms with Crippen molar-refractivity contribution >= 4 is 28.7 Å². The SMILES string of the molecule is CCCCCOCc1cc(F)ccc1C=NNc1nc(CC(=O)OCC)cs1. The van der Waals surface area contributed by atoms with Gasteiger partial charge in [-0.1, -0.05) is 25.8 Å². The van der Waals surface area contributed by atoms with Crippen LogP contribution in [0.1, 0.15) is 49.9 Å². The summed E-state index contributed by atoms with van der Waals surface area (Å²) in [7, 11) is 0. The van der Waals surface area contributed by atoms with Gasteiger partial charge in [0.2, 0.25) is 5.13 Å². The van der Waals surface area contributed by atoms with Gasteiger partial charge in [0.25, 0.3) is 0 Å². The quantitative estimate of drug-likeness (QED) is 0.242. The second-order valence-corrected chi connectivity index (χ2v) is 6.96. The Bertz CT molecular complexity index is 780. The maximum atomic E-state index is 13.6. The molecular formula is C20H26FN3O3S. The van der Waals surface area contributed by atoms with E-state index >= 15 is 0 Å². The predicted molar refractivity (Wildman–Crippen MR) is 109 cm³/mol. The number of carbonyl (C=O) groups excluding carboxylic acids is 1. The van der Waals surface area contributed by atoms with Crippen LogP contribution < -0.4 is 5.43 Å². The lowest BCUT2D eigenvalue weighted by molar-refractivity contribution is -0.142. The molecule has 0 radical (unpaired) electrons. The standard InChI is InChI=1S/C20H26FN3O3S/c1-3-5-6-9-26-13-16-10-17(21)8-7-15(16)12-22-24-20-23-18(14-28-20)11-19(25)27-4-2/h7-8,10,12,14H,3-6,9,11,13H2,1-2H3,(H,23,24). The number of nitrogens with zero attached hydrogens (tertiary/aromatic N) is 2. The van der Waals surface area contributed by atoms with Crippen LogP contribution in [0.15, 0.2) is 28.7 Å². The molecular weight excluding hydrogens is 381 g/mol. The molecule has 0 aliphatic heterocycles. The van der Waals surface area contributed by atoms with Crippen molar-refractivity contribution in [2.75, 3.05) is 18.6 Å². The van der Waals surface area contributed by atoms with Gasteiger partial charge in [0.1, 0.15) is 5.82 Å². The maximum Gasteiger partial charge on any atom is 0.311 e. The van der Waals surface area contributed by atoms with Crippen LogP contribution in [-0.2, 0) is 27.3 Å². The first-order valence-electron chi connectivity index (χ1n) is 9.37. The molecule has 2 rings (SSSR count). The second kappa shape index (κ2) is 12.2. The van der Waals surface area contributed by atoms with Crippen LogP contribution in [-0.4, -0.2) is 30.4 Å². The Morgan fingerprint density at radius 1 is 1.36 bits per heavy atom. The van der Waals surface area contributed by atoms with Crippen LogP contribution in [0.2, 0.25) is 0 Å². The largest absolute Gasteiger partial charge is 0.466 e. The summed E-state index contributed by atoms with van der Waals surface area (Å²) in [4.78, 5) is 15.8. The normalized spacial score (nSPS) is 11.1. The second-order valence-electron chi connectivity index (χ2n) is 6.10. The molecule has 152 valence electrons. The highest BCUT2D eigenvalue weighted by Crippen LogP contribution is 2.16. The molecule has 0 aliphatic carbocycles. The van der Waals surface area contributed by atoms with Crippen molar-refractivity contribution in [1.29, 1.82) is 0 Å². The molecule has 1 aromatic carbocycles. The number of anilines is 1. The van der Waals surface area contributed by atoms with Gasteiger partial charge in [-0.05, 0) is 31.0 Å². The number of ether oxygens (including phenoxy) is 2. The Balaban J connectivity index is 1.91.